The summed E-state index contributed by atoms with van der Waals surface area (Å²) in [7, 11) is 0. The molecule has 3 amide bonds. The van der Waals surface area contributed by atoms with E-state index in [0.29, 0.717) is 18.5 Å². The Morgan fingerprint density at radius 1 is 0.895 bits per heavy atom. The fourth-order valence-corrected chi connectivity index (χ4v) is 5.22. The van der Waals surface area contributed by atoms with Gasteiger partial charge in [0.15, 0.2) is 0 Å². The molecule has 0 radical (unpaired) electrons. The molecule has 192 valence electrons. The lowest BCUT2D eigenvalue weighted by atomic mass is 10.0. The molecule has 0 aliphatic carbocycles. The zero-order chi connectivity index (χ0) is 26.6. The van der Waals surface area contributed by atoms with Crippen LogP contribution in [0.4, 0.5) is 5.69 Å². The molecule has 4 aromatic rings. The average Bonchev–Trinajstić information content (AvgIpc) is 3.19. The quantitative estimate of drug-likeness (QED) is 0.352. The van der Waals surface area contributed by atoms with Crippen LogP contribution in [0.3, 0.4) is 0 Å². The zero-order valence-electron chi connectivity index (χ0n) is 21.7. The van der Waals surface area contributed by atoms with Gasteiger partial charge in [0, 0.05) is 30.5 Å². The molecule has 0 spiro atoms. The van der Waals surface area contributed by atoms with E-state index in [1.165, 1.54) is 0 Å². The second-order valence-electron chi connectivity index (χ2n) is 9.68. The van der Waals surface area contributed by atoms with Crippen LogP contribution in [-0.4, -0.2) is 41.8 Å². The Labute approximate surface area is 222 Å². The summed E-state index contributed by atoms with van der Waals surface area (Å²) in [5.74, 6) is -0.689. The highest BCUT2D eigenvalue weighted by Crippen LogP contribution is 2.37. The summed E-state index contributed by atoms with van der Waals surface area (Å²) in [6.07, 6.45) is 0.369. The molecule has 0 fully saturated rings. The van der Waals surface area contributed by atoms with E-state index in [2.05, 4.69) is 5.32 Å². The van der Waals surface area contributed by atoms with Crippen molar-refractivity contribution in [2.75, 3.05) is 18.0 Å². The number of likely N-dealkylation sites (N-methyl/N-ethyl adjacent to an activating group) is 1. The first-order valence-corrected chi connectivity index (χ1v) is 13.0. The van der Waals surface area contributed by atoms with Crippen molar-refractivity contribution in [1.29, 1.82) is 0 Å². The van der Waals surface area contributed by atoms with Crippen LogP contribution in [0.25, 0.3) is 10.8 Å². The molecule has 1 atom stereocenters. The SMILES string of the molecule is CCNC(=O)[C@@H](Cc1ccccc1)N(Cc1cccc(C)c1)C(=O)CN1C(=O)c2cccc3cccc1c23. The molecule has 5 rings (SSSR count). The number of aryl methyl sites for hydroxylation is 1. The van der Waals surface area contributed by atoms with Gasteiger partial charge in [-0.05, 0) is 42.5 Å². The van der Waals surface area contributed by atoms with Crippen molar-refractivity contribution in [3.8, 4) is 0 Å². The van der Waals surface area contributed by atoms with Gasteiger partial charge in [0.2, 0.25) is 11.8 Å². The van der Waals surface area contributed by atoms with Crippen molar-refractivity contribution in [3.63, 3.8) is 0 Å². The molecule has 0 saturated carbocycles. The van der Waals surface area contributed by atoms with Crippen LogP contribution in [0.1, 0.15) is 34.0 Å². The Bertz CT molecular complexity index is 1490. The lowest BCUT2D eigenvalue weighted by Crippen LogP contribution is -2.53. The van der Waals surface area contributed by atoms with E-state index in [-0.39, 0.29) is 30.8 Å². The van der Waals surface area contributed by atoms with Crippen molar-refractivity contribution >= 4 is 34.2 Å². The molecule has 6 heteroatoms. The maximum atomic E-state index is 14.1. The van der Waals surface area contributed by atoms with Crippen LogP contribution >= 0.6 is 0 Å². The summed E-state index contributed by atoms with van der Waals surface area (Å²) in [6, 6.07) is 28.3. The first-order valence-electron chi connectivity index (χ1n) is 13.0. The van der Waals surface area contributed by atoms with Crippen LogP contribution in [0.2, 0.25) is 0 Å². The second kappa shape index (κ2) is 10.9. The third kappa shape index (κ3) is 5.02. The van der Waals surface area contributed by atoms with Gasteiger partial charge in [-0.25, -0.2) is 0 Å². The van der Waals surface area contributed by atoms with Crippen molar-refractivity contribution in [1.82, 2.24) is 10.2 Å². The Morgan fingerprint density at radius 3 is 2.34 bits per heavy atom. The standard InChI is InChI=1S/C32H31N3O3/c1-3-33-31(37)28(19-23-11-5-4-6-12-23)34(20-24-13-7-10-22(2)18-24)29(36)21-35-27-17-9-15-25-14-8-16-26(30(25)27)32(35)38/h4-18,28H,3,19-21H2,1-2H3,(H,33,37)/t28-/m1/s1. The number of rotatable bonds is 9. The lowest BCUT2D eigenvalue weighted by Gasteiger charge is -2.33. The fraction of sp³-hybridized carbons (Fsp3) is 0.219. The number of nitrogens with zero attached hydrogens (tertiary/aromatic N) is 2. The Kier molecular flexibility index (Phi) is 7.22. The number of anilines is 1. The molecule has 0 aromatic heterocycles. The minimum Gasteiger partial charge on any atom is -0.355 e. The second-order valence-corrected chi connectivity index (χ2v) is 9.68. The summed E-state index contributed by atoms with van der Waals surface area (Å²) < 4.78 is 0. The summed E-state index contributed by atoms with van der Waals surface area (Å²) in [5, 5.41) is 4.74. The van der Waals surface area contributed by atoms with Gasteiger partial charge >= 0.3 is 0 Å². The molecule has 1 aliphatic heterocycles. The van der Waals surface area contributed by atoms with Crippen LogP contribution in [-0.2, 0) is 22.6 Å². The van der Waals surface area contributed by atoms with Crippen molar-refractivity contribution in [2.45, 2.75) is 32.9 Å². The number of nitrogens with one attached hydrogen (secondary N) is 1. The van der Waals surface area contributed by atoms with E-state index in [1.807, 2.05) is 98.8 Å². The molecule has 1 aliphatic rings. The van der Waals surface area contributed by atoms with E-state index >= 15 is 0 Å². The summed E-state index contributed by atoms with van der Waals surface area (Å²) in [6.45, 7) is 4.43. The van der Waals surface area contributed by atoms with Crippen molar-refractivity contribution < 1.29 is 14.4 Å². The normalized spacial score (nSPS) is 13.0. The van der Waals surface area contributed by atoms with Crippen molar-refractivity contribution in [2.24, 2.45) is 0 Å². The van der Waals surface area contributed by atoms with E-state index in [1.54, 1.807) is 15.9 Å². The highest BCUT2D eigenvalue weighted by molar-refractivity contribution is 6.26. The molecule has 1 heterocycles. The minimum atomic E-state index is -0.735. The first kappa shape index (κ1) is 25.2. The Morgan fingerprint density at radius 2 is 1.61 bits per heavy atom. The molecule has 1 N–H and O–H groups in total. The zero-order valence-corrected chi connectivity index (χ0v) is 21.7. The van der Waals surface area contributed by atoms with E-state index in [4.69, 9.17) is 0 Å². The van der Waals surface area contributed by atoms with Gasteiger partial charge < -0.3 is 10.2 Å². The average molecular weight is 506 g/mol. The first-order chi connectivity index (χ1) is 18.5. The summed E-state index contributed by atoms with van der Waals surface area (Å²) in [5.41, 5.74) is 4.29. The smallest absolute Gasteiger partial charge is 0.259 e. The molecule has 4 aromatic carbocycles. The van der Waals surface area contributed by atoms with Gasteiger partial charge in [-0.2, -0.15) is 0 Å². The topological polar surface area (TPSA) is 69.7 Å². The number of carbonyl (C=O) groups excluding carboxylic acids is 3. The minimum absolute atomic E-state index is 0.150. The number of amides is 3. The van der Waals surface area contributed by atoms with Crippen LogP contribution in [0.15, 0.2) is 91.0 Å². The predicted octanol–water partition coefficient (Wildman–Crippen LogP) is 4.88. The number of carbonyl (C=O) groups is 3. The predicted molar refractivity (Wildman–Crippen MR) is 150 cm³/mol. The van der Waals surface area contributed by atoms with Gasteiger partial charge in [-0.15, -0.1) is 0 Å². The van der Waals surface area contributed by atoms with Gasteiger partial charge in [0.25, 0.3) is 5.91 Å². The Balaban J connectivity index is 1.51. The maximum Gasteiger partial charge on any atom is 0.259 e. The highest BCUT2D eigenvalue weighted by Gasteiger charge is 2.35. The lowest BCUT2D eigenvalue weighted by molar-refractivity contribution is -0.140. The molecule has 6 nitrogen and oxygen atoms in total. The molecular weight excluding hydrogens is 474 g/mol. The van der Waals surface area contributed by atoms with Crippen LogP contribution in [0.5, 0.6) is 0 Å². The Hall–Kier alpha value is -4.45. The number of benzene rings is 4. The molecule has 38 heavy (non-hydrogen) atoms. The maximum absolute atomic E-state index is 14.1. The van der Waals surface area contributed by atoms with Gasteiger partial charge in [0.05, 0.1) is 5.69 Å². The summed E-state index contributed by atoms with van der Waals surface area (Å²) >= 11 is 0. The number of hydrogen-bond acceptors (Lipinski definition) is 3. The molecule has 0 unspecified atom stereocenters. The highest BCUT2D eigenvalue weighted by atomic mass is 16.2. The van der Waals surface area contributed by atoms with Gasteiger partial charge in [-0.3, -0.25) is 19.3 Å². The third-order valence-electron chi connectivity index (χ3n) is 7.00. The van der Waals surface area contributed by atoms with E-state index in [0.717, 1.165) is 33.2 Å². The largest absolute Gasteiger partial charge is 0.355 e. The number of hydrogen-bond donors (Lipinski definition) is 1. The molecule has 0 bridgehead atoms. The third-order valence-corrected chi connectivity index (χ3v) is 7.00. The van der Waals surface area contributed by atoms with Gasteiger partial charge in [-0.1, -0.05) is 84.4 Å². The van der Waals surface area contributed by atoms with E-state index in [9.17, 15) is 14.4 Å². The van der Waals surface area contributed by atoms with Crippen LogP contribution < -0.4 is 10.2 Å². The fourth-order valence-electron chi connectivity index (χ4n) is 5.22. The van der Waals surface area contributed by atoms with E-state index < -0.39 is 6.04 Å². The van der Waals surface area contributed by atoms with Gasteiger partial charge in [0.1, 0.15) is 12.6 Å². The molecule has 0 saturated heterocycles. The van der Waals surface area contributed by atoms with Crippen LogP contribution in [0, 0.1) is 6.92 Å². The molecular formula is C32H31N3O3. The summed E-state index contributed by atoms with van der Waals surface area (Å²) in [4.78, 5) is 44.1. The monoisotopic (exact) mass is 505 g/mol. The van der Waals surface area contributed by atoms with Crippen molar-refractivity contribution in [3.05, 3.63) is 113 Å².